The molecule has 1 rings (SSSR count). The Morgan fingerprint density at radius 3 is 2.75 bits per heavy atom. The van der Waals surface area contributed by atoms with Gasteiger partial charge in [-0.3, -0.25) is 0 Å². The van der Waals surface area contributed by atoms with Crippen LogP contribution < -0.4 is 5.14 Å². The molecule has 0 spiro atoms. The molecule has 0 saturated carbocycles. The second kappa shape index (κ2) is 3.24. The van der Waals surface area contributed by atoms with Crippen molar-refractivity contribution in [2.75, 3.05) is 5.75 Å². The van der Waals surface area contributed by atoms with Crippen LogP contribution in [0.3, 0.4) is 0 Å². The summed E-state index contributed by atoms with van der Waals surface area (Å²) in [4.78, 5) is 0. The SMILES string of the molecule is Cc1cc(CCS(N)(=O)=O)no1. The van der Waals surface area contributed by atoms with E-state index in [-0.39, 0.29) is 5.75 Å². The molecule has 6 heteroatoms. The molecule has 0 aliphatic rings. The highest BCUT2D eigenvalue weighted by Crippen LogP contribution is 2.02. The molecule has 68 valence electrons. The number of hydrogen-bond acceptors (Lipinski definition) is 4. The summed E-state index contributed by atoms with van der Waals surface area (Å²) in [5.74, 6) is 0.568. The molecule has 0 amide bonds. The van der Waals surface area contributed by atoms with Crippen LogP contribution in [0.25, 0.3) is 0 Å². The molecule has 0 radical (unpaired) electrons. The molecule has 0 bridgehead atoms. The van der Waals surface area contributed by atoms with E-state index in [1.54, 1.807) is 13.0 Å². The second-order valence-corrected chi connectivity index (χ2v) is 4.28. The van der Waals surface area contributed by atoms with Crippen molar-refractivity contribution in [3.63, 3.8) is 0 Å². The first kappa shape index (κ1) is 9.21. The Kier molecular flexibility index (Phi) is 2.49. The van der Waals surface area contributed by atoms with Gasteiger partial charge in [-0.15, -0.1) is 0 Å². The lowest BCUT2D eigenvalue weighted by Crippen LogP contribution is -2.17. The third kappa shape index (κ3) is 3.02. The van der Waals surface area contributed by atoms with E-state index >= 15 is 0 Å². The zero-order valence-electron chi connectivity index (χ0n) is 6.65. The van der Waals surface area contributed by atoms with Crippen LogP contribution in [0.1, 0.15) is 11.5 Å². The average molecular weight is 190 g/mol. The van der Waals surface area contributed by atoms with Crippen molar-refractivity contribution in [1.82, 2.24) is 5.16 Å². The Balaban J connectivity index is 2.55. The zero-order chi connectivity index (χ0) is 9.19. The Hall–Kier alpha value is -0.880. The van der Waals surface area contributed by atoms with Crippen LogP contribution >= 0.6 is 0 Å². The lowest BCUT2D eigenvalue weighted by atomic mass is 10.3. The van der Waals surface area contributed by atoms with E-state index in [4.69, 9.17) is 9.66 Å². The minimum absolute atomic E-state index is 0.0982. The fourth-order valence-corrected chi connectivity index (χ4v) is 1.28. The van der Waals surface area contributed by atoms with Crippen molar-refractivity contribution >= 4 is 10.0 Å². The highest BCUT2D eigenvalue weighted by Gasteiger charge is 2.06. The highest BCUT2D eigenvalue weighted by molar-refractivity contribution is 7.89. The maximum Gasteiger partial charge on any atom is 0.209 e. The molecule has 2 N–H and O–H groups in total. The van der Waals surface area contributed by atoms with Gasteiger partial charge in [0.05, 0.1) is 11.4 Å². The van der Waals surface area contributed by atoms with Crippen LogP contribution in [-0.4, -0.2) is 19.3 Å². The standard InChI is InChI=1S/C6H10N2O3S/c1-5-4-6(8-11-5)2-3-12(7,9)10/h4H,2-3H2,1H3,(H2,7,9,10). The van der Waals surface area contributed by atoms with Crippen LogP contribution in [0.15, 0.2) is 10.6 Å². The molecule has 0 aromatic carbocycles. The molecule has 0 aliphatic heterocycles. The lowest BCUT2D eigenvalue weighted by Gasteiger charge is -1.92. The molecule has 0 fully saturated rings. The van der Waals surface area contributed by atoms with Gasteiger partial charge < -0.3 is 4.52 Å². The summed E-state index contributed by atoms with van der Waals surface area (Å²) in [6.45, 7) is 1.74. The molecule has 1 heterocycles. The van der Waals surface area contributed by atoms with E-state index < -0.39 is 10.0 Å². The zero-order valence-corrected chi connectivity index (χ0v) is 7.47. The number of nitrogens with zero attached hydrogens (tertiary/aromatic N) is 1. The maximum atomic E-state index is 10.5. The van der Waals surface area contributed by atoms with E-state index in [2.05, 4.69) is 5.16 Å². The quantitative estimate of drug-likeness (QED) is 0.716. The molecular formula is C6H10N2O3S. The molecule has 0 aliphatic carbocycles. The van der Waals surface area contributed by atoms with Crippen molar-refractivity contribution in [3.8, 4) is 0 Å². The predicted octanol–water partition coefficient (Wildman–Crippen LogP) is -0.186. The summed E-state index contributed by atoms with van der Waals surface area (Å²) < 4.78 is 25.8. The smallest absolute Gasteiger partial charge is 0.209 e. The first-order valence-electron chi connectivity index (χ1n) is 3.40. The third-order valence-electron chi connectivity index (χ3n) is 1.32. The van der Waals surface area contributed by atoms with E-state index in [1.807, 2.05) is 0 Å². The number of hydrogen-bond donors (Lipinski definition) is 1. The van der Waals surface area contributed by atoms with Gasteiger partial charge in [-0.2, -0.15) is 0 Å². The van der Waals surface area contributed by atoms with Crippen LogP contribution in [0, 0.1) is 6.92 Å². The Morgan fingerprint density at radius 2 is 2.33 bits per heavy atom. The van der Waals surface area contributed by atoms with Gasteiger partial charge in [0.15, 0.2) is 0 Å². The summed E-state index contributed by atoms with van der Waals surface area (Å²) in [5, 5.41) is 8.43. The predicted molar refractivity (Wildman–Crippen MR) is 42.9 cm³/mol. The van der Waals surface area contributed by atoms with Gasteiger partial charge in [0, 0.05) is 12.5 Å². The number of sulfonamides is 1. The largest absolute Gasteiger partial charge is 0.361 e. The fourth-order valence-electron chi connectivity index (χ4n) is 0.783. The van der Waals surface area contributed by atoms with E-state index in [1.165, 1.54) is 0 Å². The first-order chi connectivity index (χ1) is 5.47. The molecule has 0 saturated heterocycles. The Labute approximate surface area is 70.6 Å². The van der Waals surface area contributed by atoms with Crippen LogP contribution in [0.4, 0.5) is 0 Å². The van der Waals surface area contributed by atoms with Crippen LogP contribution in [0.2, 0.25) is 0 Å². The fraction of sp³-hybridized carbons (Fsp3) is 0.500. The van der Waals surface area contributed by atoms with Crippen molar-refractivity contribution < 1.29 is 12.9 Å². The van der Waals surface area contributed by atoms with Gasteiger partial charge in [0.25, 0.3) is 0 Å². The van der Waals surface area contributed by atoms with E-state index in [0.717, 1.165) is 0 Å². The van der Waals surface area contributed by atoms with Crippen molar-refractivity contribution in [1.29, 1.82) is 0 Å². The molecule has 12 heavy (non-hydrogen) atoms. The maximum absolute atomic E-state index is 10.5. The van der Waals surface area contributed by atoms with E-state index in [9.17, 15) is 8.42 Å². The van der Waals surface area contributed by atoms with Crippen LogP contribution in [0.5, 0.6) is 0 Å². The summed E-state index contributed by atoms with van der Waals surface area (Å²) in [6.07, 6.45) is 0.302. The number of aromatic nitrogens is 1. The van der Waals surface area contributed by atoms with Gasteiger partial charge in [-0.1, -0.05) is 5.16 Å². The van der Waals surface area contributed by atoms with Gasteiger partial charge in [-0.25, -0.2) is 13.6 Å². The van der Waals surface area contributed by atoms with Crippen molar-refractivity contribution in [2.45, 2.75) is 13.3 Å². The molecule has 0 unspecified atom stereocenters. The number of aryl methyl sites for hydroxylation is 2. The Bertz CT molecular complexity index is 355. The summed E-state index contributed by atoms with van der Waals surface area (Å²) in [6, 6.07) is 1.69. The first-order valence-corrected chi connectivity index (χ1v) is 5.11. The molecule has 5 nitrogen and oxygen atoms in total. The normalized spacial score (nSPS) is 11.8. The van der Waals surface area contributed by atoms with Gasteiger partial charge in [-0.05, 0) is 6.92 Å². The summed E-state index contributed by atoms with van der Waals surface area (Å²) in [7, 11) is -3.39. The Morgan fingerprint density at radius 1 is 1.67 bits per heavy atom. The minimum Gasteiger partial charge on any atom is -0.361 e. The van der Waals surface area contributed by atoms with Gasteiger partial charge in [0.1, 0.15) is 5.76 Å². The second-order valence-electron chi connectivity index (χ2n) is 2.55. The summed E-state index contributed by atoms with van der Waals surface area (Å²) in [5.41, 5.74) is 0.613. The molecule has 1 aromatic heterocycles. The number of primary sulfonamides is 1. The van der Waals surface area contributed by atoms with Gasteiger partial charge in [0.2, 0.25) is 10.0 Å². The van der Waals surface area contributed by atoms with Crippen LogP contribution in [-0.2, 0) is 16.4 Å². The number of nitrogens with two attached hydrogens (primary N) is 1. The lowest BCUT2D eigenvalue weighted by molar-refractivity contribution is 0.391. The van der Waals surface area contributed by atoms with Gasteiger partial charge >= 0.3 is 0 Å². The minimum atomic E-state index is -3.39. The van der Waals surface area contributed by atoms with Crippen molar-refractivity contribution in [3.05, 3.63) is 17.5 Å². The summed E-state index contributed by atoms with van der Waals surface area (Å²) >= 11 is 0. The topological polar surface area (TPSA) is 86.2 Å². The molecule has 1 aromatic rings. The highest BCUT2D eigenvalue weighted by atomic mass is 32.2. The van der Waals surface area contributed by atoms with E-state index in [0.29, 0.717) is 17.9 Å². The third-order valence-corrected chi connectivity index (χ3v) is 2.09. The molecular weight excluding hydrogens is 180 g/mol. The monoisotopic (exact) mass is 190 g/mol. The van der Waals surface area contributed by atoms with Crippen molar-refractivity contribution in [2.24, 2.45) is 5.14 Å². The molecule has 0 atom stereocenters. The average Bonchev–Trinajstić information content (AvgIpc) is 2.30. The number of rotatable bonds is 3.